The van der Waals surface area contributed by atoms with Crippen molar-refractivity contribution < 1.29 is 4.42 Å². The van der Waals surface area contributed by atoms with Crippen LogP contribution in [0, 0.1) is 0 Å². The van der Waals surface area contributed by atoms with Gasteiger partial charge in [-0.1, -0.05) is 170 Å². The monoisotopic (exact) mass is 789 g/mol. The lowest BCUT2D eigenvalue weighted by Crippen LogP contribution is -1.96. The molecule has 0 unspecified atom stereocenters. The van der Waals surface area contributed by atoms with Crippen molar-refractivity contribution >= 4 is 60.0 Å². The molecule has 288 valence electrons. The number of benzene rings is 9. The molecule has 13 aromatic rings. The van der Waals surface area contributed by atoms with Gasteiger partial charge in [0.1, 0.15) is 11.2 Å². The summed E-state index contributed by atoms with van der Waals surface area (Å²) in [5, 5.41) is 7.32. The first-order valence-corrected chi connectivity index (χ1v) is 21.1. The van der Waals surface area contributed by atoms with E-state index in [-0.39, 0.29) is 0 Å². The summed E-state index contributed by atoms with van der Waals surface area (Å²) >= 11 is 0. The molecule has 0 amide bonds. The fourth-order valence-electron chi connectivity index (χ4n) is 9.69. The lowest BCUT2D eigenvalue weighted by molar-refractivity contribution is 0.669. The van der Waals surface area contributed by atoms with E-state index in [1.165, 1.54) is 49.2 Å². The number of para-hydroxylation sites is 3. The zero-order valence-corrected chi connectivity index (χ0v) is 33.5. The topological polar surface area (TPSA) is 43.3 Å². The van der Waals surface area contributed by atoms with Gasteiger partial charge in [-0.15, -0.1) is 0 Å². The lowest BCUT2D eigenvalue weighted by atomic mass is 9.89. The third kappa shape index (κ3) is 5.33. The van der Waals surface area contributed by atoms with Crippen LogP contribution in [-0.4, -0.2) is 14.4 Å². The van der Waals surface area contributed by atoms with Crippen molar-refractivity contribution in [1.82, 2.24) is 14.4 Å². The number of rotatable bonds is 6. The van der Waals surface area contributed by atoms with Crippen LogP contribution >= 0.6 is 0 Å². The van der Waals surface area contributed by atoms with Gasteiger partial charge in [0, 0.05) is 54.6 Å². The second kappa shape index (κ2) is 13.6. The number of hydrogen-bond acceptors (Lipinski definition) is 3. The molecule has 0 atom stereocenters. The van der Waals surface area contributed by atoms with Crippen molar-refractivity contribution in [3.8, 4) is 67.3 Å². The molecule has 9 aromatic carbocycles. The molecule has 0 aliphatic carbocycles. The van der Waals surface area contributed by atoms with E-state index in [0.29, 0.717) is 5.82 Å². The Morgan fingerprint density at radius 1 is 0.339 bits per heavy atom. The predicted molar refractivity (Wildman–Crippen MR) is 257 cm³/mol. The highest BCUT2D eigenvalue weighted by molar-refractivity contribution is 6.24. The first kappa shape index (κ1) is 34.5. The zero-order valence-electron chi connectivity index (χ0n) is 33.5. The van der Waals surface area contributed by atoms with Gasteiger partial charge in [-0.3, -0.25) is 0 Å². The van der Waals surface area contributed by atoms with E-state index in [4.69, 9.17) is 14.4 Å². The van der Waals surface area contributed by atoms with Gasteiger partial charge in [-0.05, 0) is 70.3 Å². The molecule has 0 aliphatic rings. The Balaban J connectivity index is 0.945. The van der Waals surface area contributed by atoms with Gasteiger partial charge in [-0.25, -0.2) is 9.97 Å². The highest BCUT2D eigenvalue weighted by Gasteiger charge is 2.21. The highest BCUT2D eigenvalue weighted by atomic mass is 16.3. The van der Waals surface area contributed by atoms with Gasteiger partial charge in [0.25, 0.3) is 0 Å². The Bertz CT molecular complexity index is 3690. The van der Waals surface area contributed by atoms with Crippen molar-refractivity contribution in [2.75, 3.05) is 0 Å². The van der Waals surface area contributed by atoms with E-state index in [0.717, 1.165) is 72.3 Å². The highest BCUT2D eigenvalue weighted by Crippen LogP contribution is 2.45. The predicted octanol–water partition coefficient (Wildman–Crippen LogP) is 15.5. The summed E-state index contributed by atoms with van der Waals surface area (Å²) in [6, 6.07) is 75.5. The molecule has 0 fully saturated rings. The van der Waals surface area contributed by atoms with Crippen LogP contribution in [-0.2, 0) is 0 Å². The van der Waals surface area contributed by atoms with Gasteiger partial charge >= 0.3 is 0 Å². The number of aromatic nitrogens is 3. The van der Waals surface area contributed by atoms with Gasteiger partial charge in [0.2, 0.25) is 0 Å². The molecule has 4 heteroatoms. The van der Waals surface area contributed by atoms with Crippen molar-refractivity contribution in [3.05, 3.63) is 212 Å². The summed E-state index contributed by atoms with van der Waals surface area (Å²) in [5.74, 6) is 0.689. The van der Waals surface area contributed by atoms with E-state index in [1.54, 1.807) is 0 Å². The molecule has 13 rings (SSSR count). The van der Waals surface area contributed by atoms with E-state index in [2.05, 4.69) is 174 Å². The van der Waals surface area contributed by atoms with Crippen LogP contribution in [0.25, 0.3) is 127 Å². The number of furan rings is 1. The Morgan fingerprint density at radius 2 is 0.855 bits per heavy atom. The number of fused-ring (bicyclic) bond motifs is 9. The van der Waals surface area contributed by atoms with E-state index in [1.807, 2.05) is 42.5 Å². The SMILES string of the molecule is c1ccc(-c2cc(-c3ccccc3)nc(-c3ccc(-c4ccc5oc6ccccc6c5c4-c4ccc(-c5cc6c7ccccc7n7c8ccccc8c(c5)c67)cc4)cc3)n2)cc1. The van der Waals surface area contributed by atoms with Gasteiger partial charge < -0.3 is 8.82 Å². The molecule has 4 aromatic heterocycles. The maximum atomic E-state index is 6.48. The standard InChI is InChI=1S/C58H35N3O/c1-3-13-38(14-4-1)49-35-50(39-15-5-2-6-16-39)60-58(59-49)41-29-25-37(26-30-41)43-31-32-54-56(46-19-9-12-22-53(46)62-54)55(43)40-27-23-36(24-28-40)42-33-47-44-17-7-10-20-51(44)61-52-21-11-8-18-45(52)48(34-42)57(47)61/h1-35H. The molecule has 0 aliphatic heterocycles. The van der Waals surface area contributed by atoms with E-state index >= 15 is 0 Å². The molecule has 0 bridgehead atoms. The fraction of sp³-hybridized carbons (Fsp3) is 0. The molecule has 0 saturated carbocycles. The van der Waals surface area contributed by atoms with Crippen molar-refractivity contribution in [3.63, 3.8) is 0 Å². The van der Waals surface area contributed by atoms with Crippen LogP contribution in [0.4, 0.5) is 0 Å². The first-order valence-electron chi connectivity index (χ1n) is 21.1. The molecule has 0 radical (unpaired) electrons. The van der Waals surface area contributed by atoms with Crippen molar-refractivity contribution in [1.29, 1.82) is 0 Å². The minimum Gasteiger partial charge on any atom is -0.456 e. The van der Waals surface area contributed by atoms with Crippen molar-refractivity contribution in [2.45, 2.75) is 0 Å². The van der Waals surface area contributed by atoms with Crippen LogP contribution in [0.5, 0.6) is 0 Å². The summed E-state index contributed by atoms with van der Waals surface area (Å²) in [5.41, 5.74) is 17.3. The maximum absolute atomic E-state index is 6.48. The molecular formula is C58H35N3O. The van der Waals surface area contributed by atoms with Crippen LogP contribution in [0.15, 0.2) is 217 Å². The average molecular weight is 790 g/mol. The molecule has 0 spiro atoms. The minimum absolute atomic E-state index is 0.689. The minimum atomic E-state index is 0.689. The Labute approximate surface area is 357 Å². The smallest absolute Gasteiger partial charge is 0.160 e. The summed E-state index contributed by atoms with van der Waals surface area (Å²) < 4.78 is 8.91. The van der Waals surface area contributed by atoms with E-state index in [9.17, 15) is 0 Å². The second-order valence-corrected chi connectivity index (χ2v) is 16.1. The summed E-state index contributed by atoms with van der Waals surface area (Å²) in [7, 11) is 0. The van der Waals surface area contributed by atoms with Crippen LogP contribution in [0.2, 0.25) is 0 Å². The fourth-order valence-corrected chi connectivity index (χ4v) is 9.69. The molecule has 0 N–H and O–H groups in total. The normalized spacial score (nSPS) is 11.9. The third-order valence-electron chi connectivity index (χ3n) is 12.6. The van der Waals surface area contributed by atoms with Crippen molar-refractivity contribution in [2.24, 2.45) is 0 Å². The molecular weight excluding hydrogens is 755 g/mol. The van der Waals surface area contributed by atoms with Gasteiger partial charge in [0.05, 0.1) is 27.9 Å². The molecule has 62 heavy (non-hydrogen) atoms. The summed E-state index contributed by atoms with van der Waals surface area (Å²) in [6.45, 7) is 0. The van der Waals surface area contributed by atoms with Gasteiger partial charge in [-0.2, -0.15) is 0 Å². The summed E-state index contributed by atoms with van der Waals surface area (Å²) in [6.07, 6.45) is 0. The average Bonchev–Trinajstić information content (AvgIpc) is 4.01. The second-order valence-electron chi connectivity index (χ2n) is 16.1. The quantitative estimate of drug-likeness (QED) is 0.168. The van der Waals surface area contributed by atoms with Crippen LogP contribution < -0.4 is 0 Å². The lowest BCUT2D eigenvalue weighted by Gasteiger charge is -2.14. The van der Waals surface area contributed by atoms with E-state index < -0.39 is 0 Å². The molecule has 0 saturated heterocycles. The Kier molecular flexibility index (Phi) is 7.57. The number of nitrogens with zero attached hydrogens (tertiary/aromatic N) is 3. The zero-order chi connectivity index (χ0) is 40.7. The Morgan fingerprint density at radius 3 is 1.48 bits per heavy atom. The maximum Gasteiger partial charge on any atom is 0.160 e. The third-order valence-corrected chi connectivity index (χ3v) is 12.6. The van der Waals surface area contributed by atoms with Crippen LogP contribution in [0.3, 0.4) is 0 Å². The molecule has 4 nitrogen and oxygen atoms in total. The molecule has 4 heterocycles. The summed E-state index contributed by atoms with van der Waals surface area (Å²) in [4.78, 5) is 10.2. The number of hydrogen-bond donors (Lipinski definition) is 0. The largest absolute Gasteiger partial charge is 0.456 e. The van der Waals surface area contributed by atoms with Crippen LogP contribution in [0.1, 0.15) is 0 Å². The van der Waals surface area contributed by atoms with Gasteiger partial charge in [0.15, 0.2) is 5.82 Å². The Hall–Kier alpha value is -8.34. The first-order chi connectivity index (χ1) is 30.7.